The molecule has 1 aromatic carbocycles. The molecule has 0 aromatic heterocycles. The molecule has 148 valence electrons. The first-order chi connectivity index (χ1) is 12.9. The van der Waals surface area contributed by atoms with Gasteiger partial charge in [-0.2, -0.15) is 0 Å². The van der Waals surface area contributed by atoms with Gasteiger partial charge in [-0.05, 0) is 18.1 Å². The minimum atomic E-state index is -1.31. The van der Waals surface area contributed by atoms with Gasteiger partial charge in [-0.25, -0.2) is 4.79 Å². The molecule has 0 N–H and O–H groups in total. The van der Waals surface area contributed by atoms with E-state index in [0.717, 1.165) is 6.42 Å². The summed E-state index contributed by atoms with van der Waals surface area (Å²) in [5, 5.41) is 10.9. The molecule has 0 amide bonds. The number of nitro benzene ring substituents is 1. The lowest BCUT2D eigenvalue weighted by molar-refractivity contribution is -0.384. The molecule has 0 aliphatic carbocycles. The van der Waals surface area contributed by atoms with Crippen LogP contribution in [0.5, 0.6) is 0 Å². The minimum absolute atomic E-state index is 0.0387. The number of ether oxygens (including phenoxy) is 4. The summed E-state index contributed by atoms with van der Waals surface area (Å²) in [6.07, 6.45) is 0.724. The van der Waals surface area contributed by atoms with E-state index >= 15 is 0 Å². The van der Waals surface area contributed by atoms with Crippen molar-refractivity contribution in [3.8, 4) is 0 Å². The molecule has 0 aliphatic rings. The summed E-state index contributed by atoms with van der Waals surface area (Å²) in [5.74, 6) is -1.66. The third kappa shape index (κ3) is 7.26. The largest absolute Gasteiger partial charge is 0.460 e. The SMILES string of the molecule is CCCOCCOC(=O)C(=Cc1cccc([N+](=O)[O-])c1)C(=O)C(OC)OC. The van der Waals surface area contributed by atoms with Crippen molar-refractivity contribution in [2.45, 2.75) is 19.6 Å². The fourth-order valence-electron chi connectivity index (χ4n) is 2.08. The van der Waals surface area contributed by atoms with Crippen molar-refractivity contribution in [3.63, 3.8) is 0 Å². The van der Waals surface area contributed by atoms with Crippen molar-refractivity contribution in [2.75, 3.05) is 34.0 Å². The highest BCUT2D eigenvalue weighted by Gasteiger charge is 2.28. The Kier molecular flexibility index (Phi) is 9.88. The lowest BCUT2D eigenvalue weighted by atomic mass is 10.1. The number of hydrogen-bond acceptors (Lipinski definition) is 8. The molecule has 1 rings (SSSR count). The van der Waals surface area contributed by atoms with E-state index < -0.39 is 23.0 Å². The number of nitro groups is 1. The third-order valence-electron chi connectivity index (χ3n) is 3.33. The Balaban J connectivity index is 3.06. The summed E-state index contributed by atoms with van der Waals surface area (Å²) < 4.78 is 20.1. The molecule has 9 heteroatoms. The first kappa shape index (κ1) is 22.4. The number of rotatable bonds is 12. The second kappa shape index (κ2) is 11.9. The van der Waals surface area contributed by atoms with E-state index in [1.54, 1.807) is 0 Å². The Labute approximate surface area is 157 Å². The van der Waals surface area contributed by atoms with Crippen LogP contribution in [0.25, 0.3) is 6.08 Å². The number of methoxy groups -OCH3 is 2. The van der Waals surface area contributed by atoms with Crippen LogP contribution in [0.3, 0.4) is 0 Å². The van der Waals surface area contributed by atoms with Crippen molar-refractivity contribution in [1.82, 2.24) is 0 Å². The van der Waals surface area contributed by atoms with Gasteiger partial charge >= 0.3 is 5.97 Å². The average Bonchev–Trinajstić information content (AvgIpc) is 2.66. The van der Waals surface area contributed by atoms with Crippen LogP contribution < -0.4 is 0 Å². The maximum atomic E-state index is 12.5. The Bertz CT molecular complexity index is 682. The summed E-state index contributed by atoms with van der Waals surface area (Å²) in [4.78, 5) is 35.2. The van der Waals surface area contributed by atoms with Gasteiger partial charge in [0.15, 0.2) is 0 Å². The zero-order chi connectivity index (χ0) is 20.2. The predicted octanol–water partition coefficient (Wildman–Crippen LogP) is 2.14. The predicted molar refractivity (Wildman–Crippen MR) is 96.0 cm³/mol. The topological polar surface area (TPSA) is 114 Å². The number of non-ortho nitro benzene ring substituents is 1. The number of hydrogen-bond donors (Lipinski definition) is 0. The molecule has 0 radical (unpaired) electrons. The fourth-order valence-corrected chi connectivity index (χ4v) is 2.08. The molecule has 0 bridgehead atoms. The van der Waals surface area contributed by atoms with E-state index in [1.165, 1.54) is 44.6 Å². The van der Waals surface area contributed by atoms with Gasteiger partial charge in [0.1, 0.15) is 12.2 Å². The number of carbonyl (C=O) groups is 2. The highest BCUT2D eigenvalue weighted by Crippen LogP contribution is 2.18. The number of benzene rings is 1. The molecule has 0 fully saturated rings. The quantitative estimate of drug-likeness (QED) is 0.0790. The van der Waals surface area contributed by atoms with Crippen molar-refractivity contribution < 1.29 is 33.5 Å². The lowest BCUT2D eigenvalue weighted by Crippen LogP contribution is -2.30. The van der Waals surface area contributed by atoms with Crippen LogP contribution in [0, 0.1) is 10.1 Å². The summed E-state index contributed by atoms with van der Waals surface area (Å²) in [5.41, 5.74) is -0.232. The van der Waals surface area contributed by atoms with Crippen LogP contribution >= 0.6 is 0 Å². The number of esters is 1. The molecule has 1 aromatic rings. The summed E-state index contributed by atoms with van der Waals surface area (Å²) in [6.45, 7) is 2.63. The zero-order valence-electron chi connectivity index (χ0n) is 15.5. The molecular formula is C18H23NO8. The van der Waals surface area contributed by atoms with Gasteiger partial charge in [-0.15, -0.1) is 0 Å². The van der Waals surface area contributed by atoms with Crippen molar-refractivity contribution in [2.24, 2.45) is 0 Å². The highest BCUT2D eigenvalue weighted by molar-refractivity contribution is 6.21. The van der Waals surface area contributed by atoms with E-state index in [0.29, 0.717) is 6.61 Å². The highest BCUT2D eigenvalue weighted by atomic mass is 16.7. The molecule has 27 heavy (non-hydrogen) atoms. The molecular weight excluding hydrogens is 358 g/mol. The molecule has 0 aliphatic heterocycles. The lowest BCUT2D eigenvalue weighted by Gasteiger charge is -2.14. The molecule has 0 spiro atoms. The second-order valence-electron chi connectivity index (χ2n) is 5.33. The third-order valence-corrected chi connectivity index (χ3v) is 3.33. The van der Waals surface area contributed by atoms with Gasteiger partial charge in [0.2, 0.25) is 12.1 Å². The number of ketones is 1. The first-order valence-corrected chi connectivity index (χ1v) is 8.25. The normalized spacial score (nSPS) is 11.5. The Morgan fingerprint density at radius 1 is 1.19 bits per heavy atom. The molecule has 0 unspecified atom stereocenters. The zero-order valence-corrected chi connectivity index (χ0v) is 15.5. The van der Waals surface area contributed by atoms with E-state index in [-0.39, 0.29) is 30.0 Å². The van der Waals surface area contributed by atoms with Gasteiger partial charge < -0.3 is 18.9 Å². The molecule has 0 saturated carbocycles. The van der Waals surface area contributed by atoms with Crippen LogP contribution in [-0.2, 0) is 28.5 Å². The van der Waals surface area contributed by atoms with Crippen LogP contribution in [0.4, 0.5) is 5.69 Å². The van der Waals surface area contributed by atoms with Crippen LogP contribution in [-0.4, -0.2) is 57.0 Å². The molecule has 0 saturated heterocycles. The first-order valence-electron chi connectivity index (χ1n) is 8.25. The standard InChI is InChI=1S/C18H23NO8/c1-4-8-26-9-10-27-17(21)15(16(20)18(24-2)25-3)12-13-6-5-7-14(11-13)19(22)23/h5-7,11-12,18H,4,8-10H2,1-3H3. The average molecular weight is 381 g/mol. The Hall–Kier alpha value is -2.62. The summed E-state index contributed by atoms with van der Waals surface area (Å²) >= 11 is 0. The summed E-state index contributed by atoms with van der Waals surface area (Å²) in [6, 6.07) is 5.50. The van der Waals surface area contributed by atoms with Crippen LogP contribution in [0.15, 0.2) is 29.8 Å². The van der Waals surface area contributed by atoms with Crippen LogP contribution in [0.2, 0.25) is 0 Å². The Morgan fingerprint density at radius 2 is 1.89 bits per heavy atom. The van der Waals surface area contributed by atoms with E-state index in [9.17, 15) is 19.7 Å². The van der Waals surface area contributed by atoms with Gasteiger partial charge in [-0.3, -0.25) is 14.9 Å². The van der Waals surface area contributed by atoms with Crippen molar-refractivity contribution >= 4 is 23.5 Å². The monoisotopic (exact) mass is 381 g/mol. The smallest absolute Gasteiger partial charge is 0.342 e. The van der Waals surface area contributed by atoms with Gasteiger partial charge in [0, 0.05) is 33.0 Å². The molecule has 0 atom stereocenters. The molecule has 9 nitrogen and oxygen atoms in total. The van der Waals surface area contributed by atoms with Gasteiger partial charge in [-0.1, -0.05) is 19.1 Å². The van der Waals surface area contributed by atoms with E-state index in [1.807, 2.05) is 6.92 Å². The van der Waals surface area contributed by atoms with Crippen molar-refractivity contribution in [1.29, 1.82) is 0 Å². The minimum Gasteiger partial charge on any atom is -0.460 e. The molecule has 0 heterocycles. The maximum Gasteiger partial charge on any atom is 0.342 e. The van der Waals surface area contributed by atoms with Gasteiger partial charge in [0.25, 0.3) is 5.69 Å². The van der Waals surface area contributed by atoms with Gasteiger partial charge in [0.05, 0.1) is 11.5 Å². The van der Waals surface area contributed by atoms with Crippen molar-refractivity contribution in [3.05, 3.63) is 45.5 Å². The number of Topliss-reactive ketones (excluding diaryl/α,β-unsaturated/α-hetero) is 1. The summed E-state index contributed by atoms with van der Waals surface area (Å²) in [7, 11) is 2.50. The maximum absolute atomic E-state index is 12.5. The van der Waals surface area contributed by atoms with E-state index in [2.05, 4.69) is 0 Å². The fraction of sp³-hybridized carbons (Fsp3) is 0.444. The second-order valence-corrected chi connectivity index (χ2v) is 5.33. The van der Waals surface area contributed by atoms with Crippen LogP contribution in [0.1, 0.15) is 18.9 Å². The number of nitrogens with zero attached hydrogens (tertiary/aromatic N) is 1. The number of carbonyl (C=O) groups excluding carboxylic acids is 2. The Morgan fingerprint density at radius 3 is 2.48 bits per heavy atom. The van der Waals surface area contributed by atoms with E-state index in [4.69, 9.17) is 18.9 Å².